The summed E-state index contributed by atoms with van der Waals surface area (Å²) >= 11 is 0. The van der Waals surface area contributed by atoms with Crippen molar-refractivity contribution in [2.45, 2.75) is 30.5 Å². The number of hydrogen-bond donors (Lipinski definition) is 2. The molecule has 1 heterocycles. The van der Waals surface area contributed by atoms with Crippen molar-refractivity contribution in [3.8, 4) is 0 Å². The molecule has 1 saturated heterocycles. The van der Waals surface area contributed by atoms with Crippen LogP contribution in [0.25, 0.3) is 0 Å². The number of fused-ring (bicyclic) bond motifs is 1. The Labute approximate surface area is 94.5 Å². The number of aliphatic hydroxyl groups is 1. The lowest BCUT2D eigenvalue weighted by molar-refractivity contribution is -0.163. The van der Waals surface area contributed by atoms with E-state index in [1.807, 2.05) is 0 Å². The van der Waals surface area contributed by atoms with Crippen LogP contribution in [0.3, 0.4) is 0 Å². The number of methoxy groups -OCH3 is 1. The maximum absolute atomic E-state index is 11.9. The Morgan fingerprint density at radius 1 is 1.69 bits per heavy atom. The van der Waals surface area contributed by atoms with Gasteiger partial charge in [0.2, 0.25) is 5.91 Å². The summed E-state index contributed by atoms with van der Waals surface area (Å²) in [5.41, 5.74) is 5.77. The Bertz CT molecular complexity index is 335. The minimum Gasteiger partial charge on any atom is -0.389 e. The largest absolute Gasteiger partial charge is 0.389 e. The van der Waals surface area contributed by atoms with Gasteiger partial charge in [0.15, 0.2) is 0 Å². The summed E-state index contributed by atoms with van der Waals surface area (Å²) in [6.07, 6.45) is 1.37. The first-order valence-electron chi connectivity index (χ1n) is 5.83. The summed E-state index contributed by atoms with van der Waals surface area (Å²) in [5.74, 6) is 0.733. The average Bonchev–Trinajstić information content (AvgIpc) is 2.40. The molecule has 5 heteroatoms. The molecular weight excluding hydrogens is 208 g/mol. The van der Waals surface area contributed by atoms with Gasteiger partial charge in [0, 0.05) is 25.1 Å². The second kappa shape index (κ2) is 3.18. The van der Waals surface area contributed by atoms with E-state index in [4.69, 9.17) is 10.5 Å². The fourth-order valence-corrected chi connectivity index (χ4v) is 3.93. The van der Waals surface area contributed by atoms with Gasteiger partial charge in [0.1, 0.15) is 6.61 Å². The highest BCUT2D eigenvalue weighted by Crippen LogP contribution is 2.56. The predicted octanol–water partition coefficient (Wildman–Crippen LogP) is -1.06. The van der Waals surface area contributed by atoms with Gasteiger partial charge in [-0.2, -0.15) is 0 Å². The molecule has 0 spiro atoms. The molecule has 2 aliphatic carbocycles. The molecule has 3 N–H and O–H groups in total. The van der Waals surface area contributed by atoms with Crippen molar-refractivity contribution in [1.29, 1.82) is 0 Å². The van der Waals surface area contributed by atoms with E-state index < -0.39 is 11.6 Å². The van der Waals surface area contributed by atoms with Crippen molar-refractivity contribution in [2.24, 2.45) is 17.6 Å². The number of ether oxygens (including phenoxy) is 1. The number of aliphatic hydroxyl groups excluding tert-OH is 1. The van der Waals surface area contributed by atoms with E-state index in [1.165, 1.54) is 7.11 Å². The Kier molecular flexibility index (Phi) is 2.09. The molecule has 0 aromatic carbocycles. The van der Waals surface area contributed by atoms with Crippen LogP contribution >= 0.6 is 0 Å². The highest BCUT2D eigenvalue weighted by Gasteiger charge is 2.68. The molecule has 3 aliphatic rings. The van der Waals surface area contributed by atoms with E-state index in [-0.39, 0.29) is 18.6 Å². The predicted molar refractivity (Wildman–Crippen MR) is 56.5 cm³/mol. The Balaban J connectivity index is 1.83. The Morgan fingerprint density at radius 2 is 2.44 bits per heavy atom. The third-order valence-electron chi connectivity index (χ3n) is 4.61. The summed E-state index contributed by atoms with van der Waals surface area (Å²) in [6.45, 7) is 0.833. The molecule has 90 valence electrons. The Hall–Kier alpha value is -0.650. The van der Waals surface area contributed by atoms with Crippen molar-refractivity contribution in [3.05, 3.63) is 0 Å². The minimum atomic E-state index is -0.550. The number of nitrogens with zero attached hydrogens (tertiary/aromatic N) is 1. The summed E-state index contributed by atoms with van der Waals surface area (Å²) in [4.78, 5) is 13.6. The van der Waals surface area contributed by atoms with Crippen LogP contribution in [0.1, 0.15) is 12.8 Å². The quantitative estimate of drug-likeness (QED) is 0.629. The van der Waals surface area contributed by atoms with Crippen LogP contribution < -0.4 is 5.73 Å². The normalized spacial score (nSPS) is 49.1. The number of hydrogen-bond acceptors (Lipinski definition) is 4. The van der Waals surface area contributed by atoms with Gasteiger partial charge in [0.05, 0.1) is 12.1 Å². The van der Waals surface area contributed by atoms with Gasteiger partial charge in [0.25, 0.3) is 0 Å². The summed E-state index contributed by atoms with van der Waals surface area (Å²) in [6, 6.07) is -0.0635. The number of nitrogens with two attached hydrogens (primary N) is 1. The molecule has 0 aromatic heterocycles. The molecule has 2 bridgehead atoms. The van der Waals surface area contributed by atoms with E-state index in [0.717, 1.165) is 19.4 Å². The van der Waals surface area contributed by atoms with Crippen molar-refractivity contribution < 1.29 is 14.6 Å². The first-order valence-corrected chi connectivity index (χ1v) is 5.83. The zero-order valence-electron chi connectivity index (χ0n) is 9.43. The van der Waals surface area contributed by atoms with Gasteiger partial charge in [-0.25, -0.2) is 0 Å². The zero-order valence-corrected chi connectivity index (χ0v) is 9.43. The van der Waals surface area contributed by atoms with Crippen LogP contribution in [-0.2, 0) is 9.53 Å². The van der Waals surface area contributed by atoms with Gasteiger partial charge in [-0.1, -0.05) is 0 Å². The van der Waals surface area contributed by atoms with E-state index in [9.17, 15) is 9.90 Å². The van der Waals surface area contributed by atoms with E-state index >= 15 is 0 Å². The molecule has 3 rings (SSSR count). The van der Waals surface area contributed by atoms with Crippen LogP contribution in [0.4, 0.5) is 0 Å². The lowest BCUT2D eigenvalue weighted by Gasteiger charge is -2.57. The first-order chi connectivity index (χ1) is 7.58. The van der Waals surface area contributed by atoms with Crippen molar-refractivity contribution >= 4 is 5.91 Å². The maximum Gasteiger partial charge on any atom is 0.248 e. The van der Waals surface area contributed by atoms with Gasteiger partial charge >= 0.3 is 0 Å². The molecule has 5 nitrogen and oxygen atoms in total. The number of carbonyl (C=O) groups excluding carboxylic acids is 1. The summed E-state index contributed by atoms with van der Waals surface area (Å²) < 4.78 is 4.87. The van der Waals surface area contributed by atoms with Crippen molar-refractivity contribution in [2.75, 3.05) is 20.3 Å². The summed E-state index contributed by atoms with van der Waals surface area (Å²) in [5, 5.41) is 10.1. The number of likely N-dealkylation sites (tertiary alicyclic amines) is 1. The molecule has 0 radical (unpaired) electrons. The molecule has 1 aliphatic heterocycles. The number of amides is 1. The van der Waals surface area contributed by atoms with Crippen LogP contribution in [0.2, 0.25) is 0 Å². The average molecular weight is 226 g/mol. The molecule has 2 saturated carbocycles. The van der Waals surface area contributed by atoms with Crippen molar-refractivity contribution in [1.82, 2.24) is 4.90 Å². The third kappa shape index (κ3) is 1.08. The topological polar surface area (TPSA) is 75.8 Å². The third-order valence-corrected chi connectivity index (χ3v) is 4.61. The van der Waals surface area contributed by atoms with E-state index in [0.29, 0.717) is 11.8 Å². The number of rotatable bonds is 2. The van der Waals surface area contributed by atoms with Gasteiger partial charge < -0.3 is 20.5 Å². The van der Waals surface area contributed by atoms with Crippen LogP contribution in [0.5, 0.6) is 0 Å². The number of piperidine rings is 1. The first kappa shape index (κ1) is 10.5. The molecule has 2 unspecified atom stereocenters. The molecule has 3 fully saturated rings. The van der Waals surface area contributed by atoms with Gasteiger partial charge in [-0.3, -0.25) is 4.79 Å². The highest BCUT2D eigenvalue weighted by molar-refractivity contribution is 5.78. The van der Waals surface area contributed by atoms with Crippen molar-refractivity contribution in [3.63, 3.8) is 0 Å². The highest BCUT2D eigenvalue weighted by atomic mass is 16.5. The lowest BCUT2D eigenvalue weighted by atomic mass is 9.62. The molecular formula is C11H18N2O3. The van der Waals surface area contributed by atoms with Crippen LogP contribution in [0.15, 0.2) is 0 Å². The second-order valence-electron chi connectivity index (χ2n) is 5.44. The molecule has 0 aromatic rings. The lowest BCUT2D eigenvalue weighted by Crippen LogP contribution is -2.76. The molecule has 16 heavy (non-hydrogen) atoms. The zero-order chi connectivity index (χ0) is 11.5. The maximum atomic E-state index is 11.9. The standard InChI is InChI=1S/C11H18N2O3/c1-16-5-8(14)13-4-6-2-7-9(13)10(15)11(7,12)3-6/h6-7,9-10,15H,2-5,12H2,1H3/t6-,7-,9?,10-,11?/m1/s1. The van der Waals surface area contributed by atoms with Crippen LogP contribution in [0, 0.1) is 11.8 Å². The van der Waals surface area contributed by atoms with Gasteiger partial charge in [-0.15, -0.1) is 0 Å². The SMILES string of the molecule is COCC(=O)N1C[C@@H]2C[C@@H]3C1[C@@H](O)C3(N)C2. The minimum absolute atomic E-state index is 0.0230. The van der Waals surface area contributed by atoms with Gasteiger partial charge in [-0.05, 0) is 18.8 Å². The van der Waals surface area contributed by atoms with E-state index in [1.54, 1.807) is 4.90 Å². The fourth-order valence-electron chi connectivity index (χ4n) is 3.93. The van der Waals surface area contributed by atoms with E-state index in [2.05, 4.69) is 0 Å². The molecule has 1 amide bonds. The summed E-state index contributed by atoms with van der Waals surface area (Å²) in [7, 11) is 1.51. The second-order valence-corrected chi connectivity index (χ2v) is 5.44. The monoisotopic (exact) mass is 226 g/mol. The molecule has 5 atom stereocenters. The number of carbonyl (C=O) groups is 1. The fraction of sp³-hybridized carbons (Fsp3) is 0.909. The van der Waals surface area contributed by atoms with Crippen LogP contribution in [-0.4, -0.2) is 53.9 Å². The smallest absolute Gasteiger partial charge is 0.248 e. The Morgan fingerprint density at radius 3 is 3.12 bits per heavy atom.